The minimum atomic E-state index is -4.90. The fourth-order valence-electron chi connectivity index (χ4n) is 6.82. The van der Waals surface area contributed by atoms with Gasteiger partial charge < -0.3 is 20.0 Å². The Bertz CT molecular complexity index is 2000. The van der Waals surface area contributed by atoms with E-state index in [4.69, 9.17) is 4.74 Å². The van der Waals surface area contributed by atoms with E-state index in [0.29, 0.717) is 25.1 Å². The Balaban J connectivity index is 0.00000561. The monoisotopic (exact) mass is 783 g/mol. The molecule has 1 N–H and O–H groups in total. The Labute approximate surface area is 319 Å². The molecule has 2 fully saturated rings. The SMILES string of the molecule is O=C(O)[C@H](N=C(c1ccccc1)c1ccccc1[N-]C(=O)[C@@H]1CCCN1Cc1ccccc1)[C@@H](CC(=O)N1CCOC1=O)c1ccccc1C(F)(F)F.[Ni]. The van der Waals surface area contributed by atoms with Crippen LogP contribution in [0.15, 0.2) is 114 Å². The van der Waals surface area contributed by atoms with Gasteiger partial charge in [-0.25, -0.2) is 14.5 Å². The first-order chi connectivity index (χ1) is 25.5. The molecule has 10 nitrogen and oxygen atoms in total. The number of carbonyl (C=O) groups excluding carboxylic acids is 3. The van der Waals surface area contributed by atoms with Crippen molar-refractivity contribution in [3.8, 4) is 0 Å². The molecule has 0 bridgehead atoms. The van der Waals surface area contributed by atoms with E-state index in [1.165, 1.54) is 6.07 Å². The Hall–Kier alpha value is -5.33. The molecule has 0 aromatic heterocycles. The predicted octanol–water partition coefficient (Wildman–Crippen LogP) is 7.34. The van der Waals surface area contributed by atoms with Crippen molar-refractivity contribution in [2.45, 2.75) is 50.0 Å². The maximum atomic E-state index is 14.4. The van der Waals surface area contributed by atoms with Gasteiger partial charge in [0.25, 0.3) is 0 Å². The topological polar surface area (TPSA) is 131 Å². The summed E-state index contributed by atoms with van der Waals surface area (Å²) in [4.78, 5) is 60.1. The minimum absolute atomic E-state index is 0. The van der Waals surface area contributed by atoms with E-state index in [1.807, 2.05) is 30.3 Å². The van der Waals surface area contributed by atoms with Gasteiger partial charge in [-0.05, 0) is 42.1 Å². The van der Waals surface area contributed by atoms with Crippen molar-refractivity contribution in [2.24, 2.45) is 4.99 Å². The molecule has 0 unspecified atom stereocenters. The van der Waals surface area contributed by atoms with E-state index >= 15 is 0 Å². The smallest absolute Gasteiger partial charge is 0.416 e. The van der Waals surface area contributed by atoms with Crippen LogP contribution < -0.4 is 0 Å². The van der Waals surface area contributed by atoms with Crippen molar-refractivity contribution in [1.29, 1.82) is 0 Å². The maximum Gasteiger partial charge on any atom is 0.416 e. The van der Waals surface area contributed by atoms with Crippen LogP contribution in [0.4, 0.5) is 23.7 Å². The van der Waals surface area contributed by atoms with E-state index in [-0.39, 0.29) is 46.6 Å². The number of para-hydroxylation sites is 1. The van der Waals surface area contributed by atoms with Crippen LogP contribution in [0.5, 0.6) is 0 Å². The fraction of sp³-hybridized carbons (Fsp3) is 0.275. The number of aliphatic carboxylic acids is 1. The molecule has 0 radical (unpaired) electrons. The molecule has 3 amide bonds. The van der Waals surface area contributed by atoms with Crippen molar-refractivity contribution in [3.63, 3.8) is 0 Å². The van der Waals surface area contributed by atoms with Crippen LogP contribution in [0.3, 0.4) is 0 Å². The number of ether oxygens (including phenoxy) is 1. The predicted molar refractivity (Wildman–Crippen MR) is 190 cm³/mol. The van der Waals surface area contributed by atoms with Crippen LogP contribution in [0.25, 0.3) is 5.32 Å². The van der Waals surface area contributed by atoms with E-state index in [1.54, 1.807) is 54.6 Å². The molecule has 0 spiro atoms. The maximum absolute atomic E-state index is 14.4. The van der Waals surface area contributed by atoms with Gasteiger partial charge >= 0.3 is 18.2 Å². The number of likely N-dealkylation sites (tertiary alicyclic amines) is 1. The third-order valence-corrected chi connectivity index (χ3v) is 9.34. The Morgan fingerprint density at radius 1 is 0.889 bits per heavy atom. The number of hydrogen-bond acceptors (Lipinski definition) is 7. The van der Waals surface area contributed by atoms with E-state index in [2.05, 4.69) is 15.2 Å². The van der Waals surface area contributed by atoms with Gasteiger partial charge in [-0.2, -0.15) is 13.2 Å². The largest absolute Gasteiger partial charge is 0.625 e. The van der Waals surface area contributed by atoms with Gasteiger partial charge in [0.15, 0.2) is 6.04 Å². The second-order valence-corrected chi connectivity index (χ2v) is 12.8. The van der Waals surface area contributed by atoms with Crippen LogP contribution in [0.2, 0.25) is 0 Å². The van der Waals surface area contributed by atoms with Crippen molar-refractivity contribution in [1.82, 2.24) is 9.80 Å². The molecule has 2 saturated heterocycles. The minimum Gasteiger partial charge on any atom is -0.625 e. The van der Waals surface area contributed by atoms with Gasteiger partial charge in [0, 0.05) is 40.9 Å². The number of carboxylic acids is 1. The fourth-order valence-corrected chi connectivity index (χ4v) is 6.82. The molecular weight excluding hydrogens is 748 g/mol. The molecule has 284 valence electrons. The molecule has 0 saturated carbocycles. The quantitative estimate of drug-likeness (QED) is 0.118. The Morgan fingerprint density at radius 3 is 2.20 bits per heavy atom. The number of halogens is 3. The number of aliphatic imine (C=N–C) groups is 1. The number of alkyl halides is 3. The van der Waals surface area contributed by atoms with Gasteiger partial charge in [0.05, 0.1) is 29.8 Å². The van der Waals surface area contributed by atoms with Crippen molar-refractivity contribution >= 4 is 35.3 Å². The first kappa shape index (κ1) is 39.9. The van der Waals surface area contributed by atoms with Crippen molar-refractivity contribution in [2.75, 3.05) is 19.7 Å². The van der Waals surface area contributed by atoms with Crippen molar-refractivity contribution in [3.05, 3.63) is 142 Å². The summed E-state index contributed by atoms with van der Waals surface area (Å²) in [6.07, 6.45) is -5.28. The molecule has 0 aliphatic carbocycles. The average molecular weight is 784 g/mol. The molecular formula is C40H36F3N4NiO6-. The Kier molecular flexibility index (Phi) is 13.0. The zero-order chi connectivity index (χ0) is 37.5. The number of imide groups is 1. The van der Waals surface area contributed by atoms with E-state index in [9.17, 15) is 37.5 Å². The first-order valence-corrected chi connectivity index (χ1v) is 17.1. The number of hydrogen-bond donors (Lipinski definition) is 1. The third kappa shape index (κ3) is 9.24. The molecule has 2 aliphatic rings. The van der Waals surface area contributed by atoms with Crippen LogP contribution >= 0.6 is 0 Å². The summed E-state index contributed by atoms with van der Waals surface area (Å²) < 4.78 is 48.1. The zero-order valence-corrected chi connectivity index (χ0v) is 29.8. The number of carboxylic acid groups (broad SMARTS) is 1. The van der Waals surface area contributed by atoms with Gasteiger partial charge in [-0.15, -0.1) is 5.69 Å². The number of rotatable bonds is 12. The zero-order valence-electron chi connectivity index (χ0n) is 28.8. The van der Waals surface area contributed by atoms with Crippen LogP contribution in [0.1, 0.15) is 53.0 Å². The van der Waals surface area contributed by atoms with Gasteiger partial charge in [-0.1, -0.05) is 103 Å². The van der Waals surface area contributed by atoms with Crippen LogP contribution in [-0.4, -0.2) is 76.3 Å². The molecule has 54 heavy (non-hydrogen) atoms. The normalized spacial score (nSPS) is 17.3. The Morgan fingerprint density at radius 2 is 1.54 bits per heavy atom. The average Bonchev–Trinajstić information content (AvgIpc) is 3.81. The second-order valence-electron chi connectivity index (χ2n) is 12.8. The summed E-state index contributed by atoms with van der Waals surface area (Å²) in [5.41, 5.74) is 0.340. The summed E-state index contributed by atoms with van der Waals surface area (Å²) in [6.45, 7) is 1.03. The summed E-state index contributed by atoms with van der Waals surface area (Å²) in [7, 11) is 0. The second kappa shape index (κ2) is 17.7. The summed E-state index contributed by atoms with van der Waals surface area (Å²) >= 11 is 0. The molecule has 2 aliphatic heterocycles. The van der Waals surface area contributed by atoms with Crippen LogP contribution in [0, 0.1) is 0 Å². The number of nitrogens with zero attached hydrogens (tertiary/aromatic N) is 4. The summed E-state index contributed by atoms with van der Waals surface area (Å²) in [5.74, 6) is -4.59. The number of amides is 3. The number of benzene rings is 4. The third-order valence-electron chi connectivity index (χ3n) is 9.34. The van der Waals surface area contributed by atoms with Gasteiger partial charge in [-0.3, -0.25) is 14.7 Å². The molecule has 4 aromatic carbocycles. The molecule has 2 heterocycles. The molecule has 6 rings (SSSR count). The van der Waals surface area contributed by atoms with E-state index < -0.39 is 65.6 Å². The standard InChI is InChI=1S/C40H37F3N4O6.Ni/c41-40(42,43)31-18-9-7-16-28(31)30(24-34(48)47-22-23-53-39(47)52)36(38(50)51)45-35(27-14-5-2-6-15-27)29-17-8-10-19-32(29)44-37(49)33-20-11-21-46(33)25-26-12-3-1-4-13-26;/h1-10,12-19,30,33,36H,11,20-25H2,(H2,44,45,49,50,51);/p-1/t30-,33-,36+;/m0./s1. The van der Waals surface area contributed by atoms with E-state index in [0.717, 1.165) is 35.1 Å². The molecule has 4 aromatic rings. The summed E-state index contributed by atoms with van der Waals surface area (Å²) in [6, 6.07) is 26.6. The van der Waals surface area contributed by atoms with Gasteiger partial charge in [0.1, 0.15) is 6.61 Å². The van der Waals surface area contributed by atoms with Crippen LogP contribution in [-0.2, 0) is 48.3 Å². The number of cyclic esters (lactones) is 1. The molecule has 14 heteroatoms. The summed E-state index contributed by atoms with van der Waals surface area (Å²) in [5, 5.41) is 15.2. The van der Waals surface area contributed by atoms with Crippen molar-refractivity contribution < 1.29 is 58.7 Å². The first-order valence-electron chi connectivity index (χ1n) is 17.1. The number of carbonyl (C=O) groups is 4. The molecule has 3 atom stereocenters. The van der Waals surface area contributed by atoms with Gasteiger partial charge in [0.2, 0.25) is 5.91 Å².